The average Bonchev–Trinajstić information content (AvgIpc) is 3.19. The first kappa shape index (κ1) is 17.0. The summed E-state index contributed by atoms with van der Waals surface area (Å²) in [6.07, 6.45) is 11.2. The van der Waals surface area contributed by atoms with Gasteiger partial charge in [0.05, 0.1) is 12.0 Å². The lowest BCUT2D eigenvalue weighted by Gasteiger charge is -2.14. The molecule has 0 aliphatic carbocycles. The summed E-state index contributed by atoms with van der Waals surface area (Å²) in [5.74, 6) is 0.748. The van der Waals surface area contributed by atoms with Crippen LogP contribution in [0.4, 0.5) is 0 Å². The zero-order valence-corrected chi connectivity index (χ0v) is 15.0. The summed E-state index contributed by atoms with van der Waals surface area (Å²) in [6, 6.07) is 10.6. The molecule has 0 saturated carbocycles. The van der Waals surface area contributed by atoms with Crippen LogP contribution in [0, 0.1) is 5.92 Å². The first-order valence-corrected chi connectivity index (χ1v) is 9.21. The van der Waals surface area contributed by atoms with Crippen molar-refractivity contribution >= 4 is 0 Å². The molecule has 1 aliphatic heterocycles. The fourth-order valence-electron chi connectivity index (χ4n) is 3.62. The number of allylic oxidation sites excluding steroid dienone is 2. The number of benzene rings is 1. The lowest BCUT2D eigenvalue weighted by atomic mass is 10.1. The third-order valence-electron chi connectivity index (χ3n) is 4.89. The molecule has 1 aromatic heterocycles. The maximum Gasteiger partial charge on any atom is 0.0956 e. The van der Waals surface area contributed by atoms with Crippen molar-refractivity contribution in [2.75, 3.05) is 20.1 Å². The van der Waals surface area contributed by atoms with Crippen LogP contribution in [0.2, 0.25) is 0 Å². The van der Waals surface area contributed by atoms with Gasteiger partial charge >= 0.3 is 0 Å². The van der Waals surface area contributed by atoms with Crippen LogP contribution >= 0.6 is 0 Å². The van der Waals surface area contributed by atoms with Crippen molar-refractivity contribution in [2.24, 2.45) is 5.92 Å². The van der Waals surface area contributed by atoms with E-state index in [0.29, 0.717) is 0 Å². The van der Waals surface area contributed by atoms with Gasteiger partial charge in [-0.15, -0.1) is 0 Å². The second-order valence-corrected chi connectivity index (χ2v) is 6.89. The Kier molecular flexibility index (Phi) is 5.86. The van der Waals surface area contributed by atoms with Gasteiger partial charge < -0.3 is 9.47 Å². The fraction of sp³-hybridized carbons (Fsp3) is 0.476. The second-order valence-electron chi connectivity index (χ2n) is 6.89. The summed E-state index contributed by atoms with van der Waals surface area (Å²) in [5, 5.41) is 0. The van der Waals surface area contributed by atoms with Crippen LogP contribution in [-0.4, -0.2) is 34.6 Å². The van der Waals surface area contributed by atoms with E-state index in [9.17, 15) is 0 Å². The molecule has 0 amide bonds. The SMILES string of the molecule is CCC=CCCc1c(-c2ccccc2)ncn1CC1CCN(C)C1. The molecule has 3 rings (SSSR count). The summed E-state index contributed by atoms with van der Waals surface area (Å²) in [6.45, 7) is 5.71. The lowest BCUT2D eigenvalue weighted by Crippen LogP contribution is -2.17. The zero-order chi connectivity index (χ0) is 16.8. The van der Waals surface area contributed by atoms with Crippen molar-refractivity contribution in [2.45, 2.75) is 39.2 Å². The average molecular weight is 323 g/mol. The molecule has 2 heterocycles. The molecule has 3 heteroatoms. The Morgan fingerprint density at radius 1 is 1.21 bits per heavy atom. The minimum Gasteiger partial charge on any atom is -0.334 e. The van der Waals surface area contributed by atoms with Gasteiger partial charge in [0.1, 0.15) is 0 Å². The molecule has 1 unspecified atom stereocenters. The standard InChI is InChI=1S/C21H29N3/c1-3-4-5-9-12-20-21(19-10-7-6-8-11-19)22-17-24(20)16-18-13-14-23(2)15-18/h4-8,10-11,17-18H,3,9,12-16H2,1-2H3. The molecule has 0 bridgehead atoms. The number of aromatic nitrogens is 2. The smallest absolute Gasteiger partial charge is 0.0956 e. The monoisotopic (exact) mass is 323 g/mol. The third kappa shape index (κ3) is 4.15. The summed E-state index contributed by atoms with van der Waals surface area (Å²) in [4.78, 5) is 7.21. The summed E-state index contributed by atoms with van der Waals surface area (Å²) >= 11 is 0. The van der Waals surface area contributed by atoms with Gasteiger partial charge in [0.15, 0.2) is 0 Å². The van der Waals surface area contributed by atoms with Crippen molar-refractivity contribution in [3.63, 3.8) is 0 Å². The van der Waals surface area contributed by atoms with Crippen molar-refractivity contribution in [1.82, 2.24) is 14.5 Å². The maximum atomic E-state index is 4.77. The second kappa shape index (κ2) is 8.29. The number of imidazole rings is 1. The van der Waals surface area contributed by atoms with E-state index < -0.39 is 0 Å². The molecule has 128 valence electrons. The summed E-state index contributed by atoms with van der Waals surface area (Å²) in [7, 11) is 2.22. The van der Waals surface area contributed by atoms with Gasteiger partial charge in [-0.3, -0.25) is 0 Å². The van der Waals surface area contributed by atoms with Crippen LogP contribution in [0.25, 0.3) is 11.3 Å². The van der Waals surface area contributed by atoms with Gasteiger partial charge in [0.2, 0.25) is 0 Å². The molecule has 1 fully saturated rings. The van der Waals surface area contributed by atoms with E-state index in [2.05, 4.69) is 72.2 Å². The van der Waals surface area contributed by atoms with Crippen LogP contribution in [0.3, 0.4) is 0 Å². The Hall–Kier alpha value is -1.87. The first-order chi connectivity index (χ1) is 11.8. The van der Waals surface area contributed by atoms with Crippen molar-refractivity contribution < 1.29 is 0 Å². The summed E-state index contributed by atoms with van der Waals surface area (Å²) in [5.41, 5.74) is 3.78. The van der Waals surface area contributed by atoms with Crippen molar-refractivity contribution in [1.29, 1.82) is 0 Å². The first-order valence-electron chi connectivity index (χ1n) is 9.21. The molecule has 1 atom stereocenters. The van der Waals surface area contributed by atoms with Gasteiger partial charge in [0.25, 0.3) is 0 Å². The molecular formula is C21H29N3. The topological polar surface area (TPSA) is 21.1 Å². The van der Waals surface area contributed by atoms with E-state index in [1.54, 1.807) is 0 Å². The Balaban J connectivity index is 1.81. The Labute approximate surface area is 146 Å². The Bertz CT molecular complexity index is 657. The number of nitrogens with zero attached hydrogens (tertiary/aromatic N) is 3. The largest absolute Gasteiger partial charge is 0.334 e. The molecule has 0 radical (unpaired) electrons. The predicted molar refractivity (Wildman–Crippen MR) is 101 cm³/mol. The number of likely N-dealkylation sites (tertiary alicyclic amines) is 1. The Morgan fingerprint density at radius 2 is 2.04 bits per heavy atom. The van der Waals surface area contributed by atoms with E-state index in [-0.39, 0.29) is 0 Å². The number of rotatable bonds is 7. The fourth-order valence-corrected chi connectivity index (χ4v) is 3.62. The van der Waals surface area contributed by atoms with Gasteiger partial charge in [-0.25, -0.2) is 4.98 Å². The van der Waals surface area contributed by atoms with Crippen LogP contribution in [-0.2, 0) is 13.0 Å². The minimum atomic E-state index is 0.748. The van der Waals surface area contributed by atoms with Gasteiger partial charge in [-0.1, -0.05) is 49.4 Å². The highest BCUT2D eigenvalue weighted by atomic mass is 15.1. The minimum absolute atomic E-state index is 0.748. The molecule has 3 nitrogen and oxygen atoms in total. The molecule has 1 aromatic carbocycles. The normalized spacial score (nSPS) is 18.7. The highest BCUT2D eigenvalue weighted by molar-refractivity contribution is 5.61. The third-order valence-corrected chi connectivity index (χ3v) is 4.89. The molecule has 1 saturated heterocycles. The molecule has 0 spiro atoms. The van der Waals surface area contributed by atoms with Crippen molar-refractivity contribution in [3.05, 3.63) is 54.5 Å². The van der Waals surface area contributed by atoms with E-state index in [0.717, 1.165) is 37.4 Å². The van der Waals surface area contributed by atoms with Crippen LogP contribution in [0.5, 0.6) is 0 Å². The van der Waals surface area contributed by atoms with Crippen molar-refractivity contribution in [3.8, 4) is 11.3 Å². The zero-order valence-electron chi connectivity index (χ0n) is 15.0. The maximum absolute atomic E-state index is 4.77. The molecule has 1 aliphatic rings. The van der Waals surface area contributed by atoms with Crippen LogP contribution < -0.4 is 0 Å². The molecule has 0 N–H and O–H groups in total. The van der Waals surface area contributed by atoms with Gasteiger partial charge in [-0.05, 0) is 45.2 Å². The molecular weight excluding hydrogens is 294 g/mol. The highest BCUT2D eigenvalue weighted by Crippen LogP contribution is 2.25. The van der Waals surface area contributed by atoms with Gasteiger partial charge in [0, 0.05) is 24.3 Å². The van der Waals surface area contributed by atoms with E-state index in [1.807, 2.05) is 0 Å². The van der Waals surface area contributed by atoms with E-state index in [1.165, 1.54) is 30.8 Å². The molecule has 24 heavy (non-hydrogen) atoms. The van der Waals surface area contributed by atoms with Crippen LogP contribution in [0.15, 0.2) is 48.8 Å². The van der Waals surface area contributed by atoms with Gasteiger partial charge in [-0.2, -0.15) is 0 Å². The number of hydrogen-bond acceptors (Lipinski definition) is 2. The Morgan fingerprint density at radius 3 is 2.75 bits per heavy atom. The van der Waals surface area contributed by atoms with E-state index in [4.69, 9.17) is 4.98 Å². The quantitative estimate of drug-likeness (QED) is 0.704. The predicted octanol–water partition coefficient (Wildman–Crippen LogP) is 4.40. The molecule has 2 aromatic rings. The van der Waals surface area contributed by atoms with E-state index >= 15 is 0 Å². The van der Waals surface area contributed by atoms with Crippen LogP contribution in [0.1, 0.15) is 31.9 Å². The summed E-state index contributed by atoms with van der Waals surface area (Å²) < 4.78 is 2.41. The lowest BCUT2D eigenvalue weighted by molar-refractivity contribution is 0.376. The number of hydrogen-bond donors (Lipinski definition) is 0. The highest BCUT2D eigenvalue weighted by Gasteiger charge is 2.21.